The highest BCUT2D eigenvalue weighted by Crippen LogP contribution is 2.24. The van der Waals surface area contributed by atoms with Crippen LogP contribution in [0.5, 0.6) is 0 Å². The zero-order chi connectivity index (χ0) is 15.4. The van der Waals surface area contributed by atoms with Gasteiger partial charge in [0.05, 0.1) is 0 Å². The molecule has 2 unspecified atom stereocenters. The summed E-state index contributed by atoms with van der Waals surface area (Å²) in [6.45, 7) is 5.17. The predicted octanol–water partition coefficient (Wildman–Crippen LogP) is 2.12. The number of fused-ring (bicyclic) bond motifs is 1. The molecular weight excluding hydrogens is 262 g/mol. The van der Waals surface area contributed by atoms with Crippen molar-refractivity contribution < 1.29 is 4.79 Å². The van der Waals surface area contributed by atoms with Gasteiger partial charge < -0.3 is 15.5 Å². The highest BCUT2D eigenvalue weighted by Gasteiger charge is 2.26. The van der Waals surface area contributed by atoms with Crippen molar-refractivity contribution in [2.45, 2.75) is 38.8 Å². The first-order valence-corrected chi connectivity index (χ1v) is 7.77. The number of aryl methyl sites for hydroxylation is 1. The minimum absolute atomic E-state index is 0.116. The largest absolute Gasteiger partial charge is 0.373 e. The van der Waals surface area contributed by atoms with Gasteiger partial charge in [-0.3, -0.25) is 4.79 Å². The molecule has 0 radical (unpaired) electrons. The molecule has 2 N–H and O–H groups in total. The molecule has 2 atom stereocenters. The first kappa shape index (κ1) is 15.8. The van der Waals surface area contributed by atoms with Crippen LogP contribution in [0.1, 0.15) is 25.8 Å². The number of likely N-dealkylation sites (N-methyl/N-ethyl adjacent to an activating group) is 1. The Bertz CT molecular complexity index is 485. The van der Waals surface area contributed by atoms with Crippen molar-refractivity contribution in [3.05, 3.63) is 29.8 Å². The SMILES string of the molecule is CC(C)C(CN(C)C)NC(=O)C1CCc2ccccc2N1. The van der Waals surface area contributed by atoms with E-state index in [1.54, 1.807) is 0 Å². The average molecular weight is 289 g/mol. The van der Waals surface area contributed by atoms with Crippen LogP contribution in [-0.2, 0) is 11.2 Å². The van der Waals surface area contributed by atoms with Crippen molar-refractivity contribution in [3.63, 3.8) is 0 Å². The lowest BCUT2D eigenvalue weighted by atomic mass is 9.96. The highest BCUT2D eigenvalue weighted by molar-refractivity contribution is 5.85. The molecule has 116 valence electrons. The van der Waals surface area contributed by atoms with Gasteiger partial charge in [0.25, 0.3) is 0 Å². The summed E-state index contributed by atoms with van der Waals surface area (Å²) in [6, 6.07) is 8.30. The lowest BCUT2D eigenvalue weighted by Gasteiger charge is -2.30. The number of carbonyl (C=O) groups is 1. The number of rotatable bonds is 5. The van der Waals surface area contributed by atoms with Crippen LogP contribution >= 0.6 is 0 Å². The van der Waals surface area contributed by atoms with Crippen LogP contribution in [0.25, 0.3) is 0 Å². The Hall–Kier alpha value is -1.55. The molecule has 0 fully saturated rings. The number of para-hydroxylation sites is 1. The average Bonchev–Trinajstić information content (AvgIpc) is 2.45. The summed E-state index contributed by atoms with van der Waals surface area (Å²) < 4.78 is 0. The zero-order valence-corrected chi connectivity index (χ0v) is 13.5. The molecule has 1 amide bonds. The molecule has 1 aliphatic rings. The maximum absolute atomic E-state index is 12.5. The minimum atomic E-state index is -0.122. The third-order valence-corrected chi connectivity index (χ3v) is 4.06. The van der Waals surface area contributed by atoms with E-state index in [2.05, 4.69) is 41.5 Å². The fraction of sp³-hybridized carbons (Fsp3) is 0.588. The van der Waals surface area contributed by atoms with E-state index in [1.165, 1.54) is 5.56 Å². The number of nitrogens with zero attached hydrogens (tertiary/aromatic N) is 1. The van der Waals surface area contributed by atoms with Crippen molar-refractivity contribution in [2.75, 3.05) is 26.0 Å². The van der Waals surface area contributed by atoms with E-state index in [4.69, 9.17) is 0 Å². The van der Waals surface area contributed by atoms with Gasteiger partial charge in [-0.15, -0.1) is 0 Å². The topological polar surface area (TPSA) is 44.4 Å². The van der Waals surface area contributed by atoms with Gasteiger partial charge in [0.1, 0.15) is 6.04 Å². The van der Waals surface area contributed by atoms with Gasteiger partial charge in [0.15, 0.2) is 0 Å². The van der Waals surface area contributed by atoms with Crippen molar-refractivity contribution in [1.29, 1.82) is 0 Å². The number of nitrogens with one attached hydrogen (secondary N) is 2. The first-order valence-electron chi connectivity index (χ1n) is 7.77. The van der Waals surface area contributed by atoms with E-state index < -0.39 is 0 Å². The van der Waals surface area contributed by atoms with Gasteiger partial charge in [-0.25, -0.2) is 0 Å². The number of benzene rings is 1. The summed E-state index contributed by atoms with van der Waals surface area (Å²) in [5, 5.41) is 6.57. The second-order valence-corrected chi connectivity index (χ2v) is 6.51. The fourth-order valence-electron chi connectivity index (χ4n) is 2.74. The molecular formula is C17H27N3O. The third kappa shape index (κ3) is 4.21. The number of amides is 1. The molecule has 21 heavy (non-hydrogen) atoms. The summed E-state index contributed by atoms with van der Waals surface area (Å²) >= 11 is 0. The number of hydrogen-bond donors (Lipinski definition) is 2. The fourth-order valence-corrected chi connectivity index (χ4v) is 2.74. The van der Waals surface area contributed by atoms with Gasteiger partial charge in [0.2, 0.25) is 5.91 Å². The summed E-state index contributed by atoms with van der Waals surface area (Å²) in [5.41, 5.74) is 2.40. The molecule has 0 saturated heterocycles. The number of carbonyl (C=O) groups excluding carboxylic acids is 1. The van der Waals surface area contributed by atoms with Crippen molar-refractivity contribution >= 4 is 11.6 Å². The molecule has 4 nitrogen and oxygen atoms in total. The summed E-state index contributed by atoms with van der Waals surface area (Å²) in [7, 11) is 4.08. The Morgan fingerprint density at radius 1 is 1.38 bits per heavy atom. The lowest BCUT2D eigenvalue weighted by molar-refractivity contribution is -0.123. The van der Waals surface area contributed by atoms with E-state index in [9.17, 15) is 4.79 Å². The summed E-state index contributed by atoms with van der Waals surface area (Å²) in [4.78, 5) is 14.6. The molecule has 0 aromatic heterocycles. The molecule has 1 aromatic carbocycles. The summed E-state index contributed by atoms with van der Waals surface area (Å²) in [6.07, 6.45) is 1.82. The van der Waals surface area contributed by atoms with Gasteiger partial charge >= 0.3 is 0 Å². The standard InChI is InChI=1S/C17H27N3O/c1-12(2)16(11-20(3)4)19-17(21)15-10-9-13-7-5-6-8-14(13)18-15/h5-8,12,15-16,18H,9-11H2,1-4H3,(H,19,21). The van der Waals surface area contributed by atoms with E-state index in [1.807, 2.05) is 26.2 Å². The van der Waals surface area contributed by atoms with E-state index in [0.717, 1.165) is 25.1 Å². The molecule has 4 heteroatoms. The van der Waals surface area contributed by atoms with Crippen LogP contribution in [0, 0.1) is 5.92 Å². The van der Waals surface area contributed by atoms with Gasteiger partial charge in [-0.1, -0.05) is 32.0 Å². The molecule has 0 spiro atoms. The van der Waals surface area contributed by atoms with Crippen LogP contribution in [0.4, 0.5) is 5.69 Å². The van der Waals surface area contributed by atoms with E-state index in [-0.39, 0.29) is 18.0 Å². The van der Waals surface area contributed by atoms with Crippen LogP contribution in [-0.4, -0.2) is 43.5 Å². The molecule has 2 rings (SSSR count). The second-order valence-electron chi connectivity index (χ2n) is 6.51. The lowest BCUT2D eigenvalue weighted by Crippen LogP contribution is -2.51. The molecule has 0 saturated carbocycles. The molecule has 0 aliphatic carbocycles. The minimum Gasteiger partial charge on any atom is -0.373 e. The van der Waals surface area contributed by atoms with Crippen molar-refractivity contribution in [2.24, 2.45) is 5.92 Å². The maximum atomic E-state index is 12.5. The van der Waals surface area contributed by atoms with Crippen LogP contribution in [0.2, 0.25) is 0 Å². The smallest absolute Gasteiger partial charge is 0.242 e. The Morgan fingerprint density at radius 3 is 2.76 bits per heavy atom. The Balaban J connectivity index is 1.98. The summed E-state index contributed by atoms with van der Waals surface area (Å²) in [5.74, 6) is 0.539. The van der Waals surface area contributed by atoms with Crippen LogP contribution in [0.3, 0.4) is 0 Å². The van der Waals surface area contributed by atoms with Gasteiger partial charge in [-0.05, 0) is 44.5 Å². The van der Waals surface area contributed by atoms with Gasteiger partial charge in [0, 0.05) is 18.3 Å². The second kappa shape index (κ2) is 6.94. The number of anilines is 1. The molecule has 1 aliphatic heterocycles. The van der Waals surface area contributed by atoms with Gasteiger partial charge in [-0.2, -0.15) is 0 Å². The van der Waals surface area contributed by atoms with Crippen LogP contribution < -0.4 is 10.6 Å². The molecule has 1 heterocycles. The monoisotopic (exact) mass is 289 g/mol. The zero-order valence-electron chi connectivity index (χ0n) is 13.5. The van der Waals surface area contributed by atoms with E-state index >= 15 is 0 Å². The maximum Gasteiger partial charge on any atom is 0.242 e. The van der Waals surface area contributed by atoms with Crippen molar-refractivity contribution in [1.82, 2.24) is 10.2 Å². The third-order valence-electron chi connectivity index (χ3n) is 4.06. The van der Waals surface area contributed by atoms with Crippen LogP contribution in [0.15, 0.2) is 24.3 Å². The van der Waals surface area contributed by atoms with Crippen molar-refractivity contribution in [3.8, 4) is 0 Å². The Kier molecular flexibility index (Phi) is 5.23. The number of hydrogen-bond acceptors (Lipinski definition) is 3. The predicted molar refractivity (Wildman–Crippen MR) is 87.5 cm³/mol. The van der Waals surface area contributed by atoms with E-state index in [0.29, 0.717) is 5.92 Å². The highest BCUT2D eigenvalue weighted by atomic mass is 16.2. The Labute approximate surface area is 127 Å². The normalized spacial score (nSPS) is 19.0. The Morgan fingerprint density at radius 2 is 2.10 bits per heavy atom. The quantitative estimate of drug-likeness (QED) is 0.872. The molecule has 1 aromatic rings. The molecule has 0 bridgehead atoms. The first-order chi connectivity index (χ1) is 9.97.